The van der Waals surface area contributed by atoms with Crippen molar-refractivity contribution < 1.29 is 13.2 Å². The highest BCUT2D eigenvalue weighted by molar-refractivity contribution is 7.89. The number of likely N-dealkylation sites (N-methyl/N-ethyl adjacent to an activating group) is 1. The van der Waals surface area contributed by atoms with Crippen LogP contribution in [0.1, 0.15) is 12.8 Å². The van der Waals surface area contributed by atoms with E-state index in [-0.39, 0.29) is 11.7 Å². The molecule has 8 heteroatoms. The van der Waals surface area contributed by atoms with Gasteiger partial charge in [-0.15, -0.1) is 11.6 Å². The van der Waals surface area contributed by atoms with Gasteiger partial charge in [-0.05, 0) is 26.9 Å². The molecular formula is C12H24ClN3O3S. The average molecular weight is 326 g/mol. The molecule has 0 aromatic carbocycles. The van der Waals surface area contributed by atoms with Crippen LogP contribution in [0, 0.1) is 0 Å². The Morgan fingerprint density at radius 1 is 1.15 bits per heavy atom. The second-order valence-corrected chi connectivity index (χ2v) is 7.70. The minimum atomic E-state index is -3.20. The van der Waals surface area contributed by atoms with E-state index >= 15 is 0 Å². The summed E-state index contributed by atoms with van der Waals surface area (Å²) in [6.45, 7) is 2.09. The lowest BCUT2D eigenvalue weighted by atomic mass is 10.3. The maximum Gasteiger partial charge on any atom is 0.236 e. The Hall–Kier alpha value is -0.370. The summed E-state index contributed by atoms with van der Waals surface area (Å²) in [7, 11) is 0.484. The van der Waals surface area contributed by atoms with Gasteiger partial charge in [0.2, 0.25) is 15.9 Å². The standard InChI is InChI=1S/C12H24ClN3O3S/c1-14(2)11-12(17)15-6-8-16(9-7-15)20(18,19)10-4-3-5-13/h3-11H2,1-2H3. The Kier molecular flexibility index (Phi) is 7.22. The molecule has 6 nitrogen and oxygen atoms in total. The molecule has 0 aromatic heterocycles. The second-order valence-electron chi connectivity index (χ2n) is 5.23. The lowest BCUT2D eigenvalue weighted by Gasteiger charge is -2.34. The third-order valence-corrected chi connectivity index (χ3v) is 5.45. The van der Waals surface area contributed by atoms with Crippen molar-refractivity contribution >= 4 is 27.5 Å². The van der Waals surface area contributed by atoms with E-state index in [2.05, 4.69) is 0 Å². The maximum atomic E-state index is 12.1. The second kappa shape index (κ2) is 8.17. The lowest BCUT2D eigenvalue weighted by molar-refractivity contribution is -0.133. The number of piperazine rings is 1. The van der Waals surface area contributed by atoms with Crippen molar-refractivity contribution in [2.24, 2.45) is 0 Å². The molecule has 0 bridgehead atoms. The van der Waals surface area contributed by atoms with Gasteiger partial charge >= 0.3 is 0 Å². The third kappa shape index (κ3) is 5.55. The summed E-state index contributed by atoms with van der Waals surface area (Å²) >= 11 is 5.56. The molecule has 1 fully saturated rings. The number of unbranched alkanes of at least 4 members (excludes halogenated alkanes) is 1. The van der Waals surface area contributed by atoms with E-state index in [1.165, 1.54) is 4.31 Å². The highest BCUT2D eigenvalue weighted by Crippen LogP contribution is 2.10. The van der Waals surface area contributed by atoms with Gasteiger partial charge in [0.05, 0.1) is 12.3 Å². The zero-order chi connectivity index (χ0) is 15.2. The molecule has 1 aliphatic rings. The monoisotopic (exact) mass is 325 g/mol. The van der Waals surface area contributed by atoms with Crippen LogP contribution in [0.4, 0.5) is 0 Å². The maximum absolute atomic E-state index is 12.1. The minimum absolute atomic E-state index is 0.0502. The number of hydrogen-bond acceptors (Lipinski definition) is 4. The number of halogens is 1. The molecule has 1 saturated heterocycles. The number of hydrogen-bond donors (Lipinski definition) is 0. The molecule has 0 atom stereocenters. The summed E-state index contributed by atoms with van der Waals surface area (Å²) in [6, 6.07) is 0. The Bertz CT molecular complexity index is 406. The van der Waals surface area contributed by atoms with Crippen LogP contribution in [-0.4, -0.2) is 86.9 Å². The first-order valence-corrected chi connectivity index (χ1v) is 8.97. The van der Waals surface area contributed by atoms with Gasteiger partial charge < -0.3 is 9.80 Å². The smallest absolute Gasteiger partial charge is 0.236 e. The van der Waals surface area contributed by atoms with Crippen molar-refractivity contribution in [2.45, 2.75) is 12.8 Å². The summed E-state index contributed by atoms with van der Waals surface area (Å²) in [5.74, 6) is 0.683. The molecule has 1 heterocycles. The number of alkyl halides is 1. The molecule has 118 valence electrons. The van der Waals surface area contributed by atoms with Gasteiger partial charge in [0, 0.05) is 32.1 Å². The normalized spacial score (nSPS) is 17.7. The number of carbonyl (C=O) groups is 1. The molecule has 0 N–H and O–H groups in total. The van der Waals surface area contributed by atoms with E-state index in [4.69, 9.17) is 11.6 Å². The molecule has 20 heavy (non-hydrogen) atoms. The van der Waals surface area contributed by atoms with Crippen LogP contribution in [0.2, 0.25) is 0 Å². The lowest BCUT2D eigenvalue weighted by Crippen LogP contribution is -2.52. The van der Waals surface area contributed by atoms with E-state index in [0.29, 0.717) is 51.4 Å². The Morgan fingerprint density at radius 3 is 2.25 bits per heavy atom. The van der Waals surface area contributed by atoms with Crippen molar-refractivity contribution in [3.8, 4) is 0 Å². The predicted molar refractivity (Wildman–Crippen MR) is 80.4 cm³/mol. The van der Waals surface area contributed by atoms with E-state index in [1.807, 2.05) is 19.0 Å². The molecule has 1 rings (SSSR count). The predicted octanol–water partition coefficient (Wildman–Crippen LogP) is 0.0410. The van der Waals surface area contributed by atoms with Gasteiger partial charge in [0.15, 0.2) is 0 Å². The van der Waals surface area contributed by atoms with Crippen molar-refractivity contribution in [3.05, 3.63) is 0 Å². The molecule has 0 aromatic rings. The number of carbonyl (C=O) groups excluding carboxylic acids is 1. The number of nitrogens with zero attached hydrogens (tertiary/aromatic N) is 3. The van der Waals surface area contributed by atoms with Crippen LogP contribution in [0.25, 0.3) is 0 Å². The van der Waals surface area contributed by atoms with Crippen molar-refractivity contribution in [3.63, 3.8) is 0 Å². The van der Waals surface area contributed by atoms with Crippen LogP contribution in [0.3, 0.4) is 0 Å². The zero-order valence-electron chi connectivity index (χ0n) is 12.2. The fraction of sp³-hybridized carbons (Fsp3) is 0.917. The summed E-state index contributed by atoms with van der Waals surface area (Å²) in [4.78, 5) is 15.4. The molecule has 0 unspecified atom stereocenters. The largest absolute Gasteiger partial charge is 0.339 e. The van der Waals surface area contributed by atoms with Crippen LogP contribution in [-0.2, 0) is 14.8 Å². The van der Waals surface area contributed by atoms with Gasteiger partial charge in [-0.25, -0.2) is 8.42 Å². The molecule has 0 spiro atoms. The van der Waals surface area contributed by atoms with Gasteiger partial charge in [-0.3, -0.25) is 4.79 Å². The summed E-state index contributed by atoms with van der Waals surface area (Å²) in [6.07, 6.45) is 1.30. The van der Waals surface area contributed by atoms with Gasteiger partial charge in [-0.1, -0.05) is 0 Å². The summed E-state index contributed by atoms with van der Waals surface area (Å²) in [5.41, 5.74) is 0. The fourth-order valence-electron chi connectivity index (χ4n) is 2.09. The number of amides is 1. The Labute approximate surface area is 126 Å². The topological polar surface area (TPSA) is 60.9 Å². The van der Waals surface area contributed by atoms with Crippen LogP contribution in [0.5, 0.6) is 0 Å². The van der Waals surface area contributed by atoms with Crippen LogP contribution in [0.15, 0.2) is 0 Å². The van der Waals surface area contributed by atoms with Gasteiger partial charge in [0.1, 0.15) is 0 Å². The average Bonchev–Trinajstić information content (AvgIpc) is 2.38. The van der Waals surface area contributed by atoms with Gasteiger partial charge in [-0.2, -0.15) is 4.31 Å². The van der Waals surface area contributed by atoms with Crippen molar-refractivity contribution in [2.75, 3.05) is 58.5 Å². The Morgan fingerprint density at radius 2 is 1.75 bits per heavy atom. The molecule has 1 amide bonds. The van der Waals surface area contributed by atoms with E-state index < -0.39 is 10.0 Å². The SMILES string of the molecule is CN(C)CC(=O)N1CCN(S(=O)(=O)CCCCCl)CC1. The third-order valence-electron chi connectivity index (χ3n) is 3.22. The molecule has 0 radical (unpaired) electrons. The molecular weight excluding hydrogens is 302 g/mol. The first kappa shape index (κ1) is 17.7. The van der Waals surface area contributed by atoms with Crippen molar-refractivity contribution in [1.82, 2.24) is 14.1 Å². The van der Waals surface area contributed by atoms with E-state index in [1.54, 1.807) is 4.90 Å². The fourth-order valence-corrected chi connectivity index (χ4v) is 3.83. The highest BCUT2D eigenvalue weighted by Gasteiger charge is 2.28. The van der Waals surface area contributed by atoms with Gasteiger partial charge in [0.25, 0.3) is 0 Å². The van der Waals surface area contributed by atoms with Crippen LogP contribution >= 0.6 is 11.6 Å². The zero-order valence-corrected chi connectivity index (χ0v) is 13.8. The summed E-state index contributed by atoms with van der Waals surface area (Å²) < 4.78 is 25.7. The molecule has 1 aliphatic heterocycles. The number of sulfonamides is 1. The van der Waals surface area contributed by atoms with Crippen molar-refractivity contribution in [1.29, 1.82) is 0 Å². The number of rotatable bonds is 7. The summed E-state index contributed by atoms with van der Waals surface area (Å²) in [5, 5.41) is 0. The first-order valence-electron chi connectivity index (χ1n) is 6.83. The van der Waals surface area contributed by atoms with E-state index in [9.17, 15) is 13.2 Å². The molecule has 0 saturated carbocycles. The van der Waals surface area contributed by atoms with Crippen LogP contribution < -0.4 is 0 Å². The highest BCUT2D eigenvalue weighted by atomic mass is 35.5. The molecule has 0 aliphatic carbocycles. The quantitative estimate of drug-likeness (QED) is 0.490. The minimum Gasteiger partial charge on any atom is -0.339 e. The Balaban J connectivity index is 2.43. The first-order chi connectivity index (χ1) is 9.36. The van der Waals surface area contributed by atoms with E-state index in [0.717, 1.165) is 0 Å².